The molecule has 0 saturated heterocycles. The van der Waals surface area contributed by atoms with Crippen molar-refractivity contribution in [2.45, 2.75) is 6.54 Å². The lowest BCUT2D eigenvalue weighted by Crippen LogP contribution is -2.03. The van der Waals surface area contributed by atoms with E-state index in [1.165, 1.54) is 27.7 Å². The van der Waals surface area contributed by atoms with Gasteiger partial charge < -0.3 is 18.8 Å². The van der Waals surface area contributed by atoms with Crippen molar-refractivity contribution in [3.05, 3.63) is 83.9 Å². The molecule has 1 heterocycles. The second-order valence-corrected chi connectivity index (χ2v) is 7.22. The smallest absolute Gasteiger partial charge is 0.203 e. The Bertz CT molecular complexity index is 1260. The van der Waals surface area contributed by atoms with Gasteiger partial charge >= 0.3 is 0 Å². The zero-order chi connectivity index (χ0) is 23.5. The van der Waals surface area contributed by atoms with E-state index in [0.29, 0.717) is 41.1 Å². The van der Waals surface area contributed by atoms with E-state index in [0.717, 1.165) is 11.6 Å². The van der Waals surface area contributed by atoms with Crippen molar-refractivity contribution in [1.82, 2.24) is 9.55 Å². The summed E-state index contributed by atoms with van der Waals surface area (Å²) in [5, 5.41) is 0. The van der Waals surface area contributed by atoms with E-state index >= 15 is 0 Å². The van der Waals surface area contributed by atoms with Crippen LogP contribution in [0.3, 0.4) is 0 Å². The molecule has 33 heavy (non-hydrogen) atoms. The summed E-state index contributed by atoms with van der Waals surface area (Å²) in [6.45, 7) is 0.339. The third-order valence-electron chi connectivity index (χ3n) is 5.24. The molecular weight excluding hydrogens is 433 g/mol. The average Bonchev–Trinajstić information content (AvgIpc) is 3.24. The van der Waals surface area contributed by atoms with Crippen LogP contribution in [0, 0.1) is 17.5 Å². The monoisotopic (exact) mass is 454 g/mol. The van der Waals surface area contributed by atoms with Gasteiger partial charge in [-0.3, -0.25) is 0 Å². The molecule has 0 fully saturated rings. The number of hydrogen-bond donors (Lipinski definition) is 0. The van der Waals surface area contributed by atoms with Gasteiger partial charge in [0.25, 0.3) is 0 Å². The molecule has 1 aromatic heterocycles. The molecule has 8 heteroatoms. The van der Waals surface area contributed by atoms with Crippen molar-refractivity contribution < 1.29 is 27.4 Å². The lowest BCUT2D eigenvalue weighted by Gasteiger charge is -2.15. The maximum atomic E-state index is 14.9. The number of halogens is 3. The van der Waals surface area contributed by atoms with Crippen molar-refractivity contribution in [1.29, 1.82) is 0 Å². The lowest BCUT2D eigenvalue weighted by atomic mass is 10.0. The quantitative estimate of drug-likeness (QED) is 0.336. The van der Waals surface area contributed by atoms with Crippen LogP contribution in [0.5, 0.6) is 17.2 Å². The fourth-order valence-electron chi connectivity index (χ4n) is 3.70. The number of imidazole rings is 1. The van der Waals surface area contributed by atoms with Gasteiger partial charge in [-0.05, 0) is 23.8 Å². The Balaban J connectivity index is 1.96. The van der Waals surface area contributed by atoms with Crippen LogP contribution in [0.25, 0.3) is 22.5 Å². The van der Waals surface area contributed by atoms with E-state index in [1.807, 2.05) is 30.3 Å². The van der Waals surface area contributed by atoms with Gasteiger partial charge in [0.1, 0.15) is 5.82 Å². The molecule has 3 aromatic carbocycles. The van der Waals surface area contributed by atoms with Crippen molar-refractivity contribution in [3.63, 3.8) is 0 Å². The highest BCUT2D eigenvalue weighted by Crippen LogP contribution is 2.43. The Labute approximate surface area is 189 Å². The predicted molar refractivity (Wildman–Crippen MR) is 118 cm³/mol. The summed E-state index contributed by atoms with van der Waals surface area (Å²) < 4.78 is 60.6. The Morgan fingerprint density at radius 3 is 2.03 bits per heavy atom. The zero-order valence-corrected chi connectivity index (χ0v) is 18.2. The number of nitrogens with zero attached hydrogens (tertiary/aromatic N) is 2. The zero-order valence-electron chi connectivity index (χ0n) is 18.2. The number of benzene rings is 3. The Kier molecular flexibility index (Phi) is 6.26. The summed E-state index contributed by atoms with van der Waals surface area (Å²) in [6, 6.07) is 14.2. The van der Waals surface area contributed by atoms with E-state index in [1.54, 1.807) is 16.7 Å². The number of hydrogen-bond acceptors (Lipinski definition) is 4. The predicted octanol–water partition coefficient (Wildman–Crippen LogP) is 5.71. The van der Waals surface area contributed by atoms with Crippen LogP contribution in [0.15, 0.2) is 60.9 Å². The van der Waals surface area contributed by atoms with E-state index in [-0.39, 0.29) is 11.3 Å². The summed E-state index contributed by atoms with van der Waals surface area (Å²) in [7, 11) is 4.44. The number of rotatable bonds is 7. The molecule has 0 amide bonds. The van der Waals surface area contributed by atoms with Gasteiger partial charge in [0.2, 0.25) is 5.75 Å². The van der Waals surface area contributed by atoms with Crippen LogP contribution >= 0.6 is 0 Å². The van der Waals surface area contributed by atoms with Crippen LogP contribution in [-0.2, 0) is 6.54 Å². The van der Waals surface area contributed by atoms with E-state index < -0.39 is 17.5 Å². The van der Waals surface area contributed by atoms with Crippen molar-refractivity contribution in [3.8, 4) is 39.8 Å². The largest absolute Gasteiger partial charge is 0.493 e. The third kappa shape index (κ3) is 4.24. The van der Waals surface area contributed by atoms with E-state index in [4.69, 9.17) is 14.2 Å². The molecular formula is C25H21F3N2O3. The molecule has 4 aromatic rings. The first-order valence-electron chi connectivity index (χ1n) is 10.0. The van der Waals surface area contributed by atoms with Crippen LogP contribution in [0.4, 0.5) is 13.2 Å². The topological polar surface area (TPSA) is 45.5 Å². The molecule has 0 aliphatic heterocycles. The molecule has 0 radical (unpaired) electrons. The van der Waals surface area contributed by atoms with Crippen LogP contribution in [0.1, 0.15) is 5.56 Å². The first-order chi connectivity index (χ1) is 16.0. The molecule has 0 N–H and O–H groups in total. The SMILES string of the molecule is COc1cc(-c2ncn(Cc3ccccc3)c2-c2cc(F)c(F)cc2F)cc(OC)c1OC. The van der Waals surface area contributed by atoms with Crippen molar-refractivity contribution >= 4 is 0 Å². The van der Waals surface area contributed by atoms with E-state index in [9.17, 15) is 13.2 Å². The highest BCUT2D eigenvalue weighted by Gasteiger charge is 2.23. The number of methoxy groups -OCH3 is 3. The summed E-state index contributed by atoms with van der Waals surface area (Å²) in [5.74, 6) is -2.19. The highest BCUT2D eigenvalue weighted by atomic mass is 19.2. The van der Waals surface area contributed by atoms with Gasteiger partial charge in [-0.25, -0.2) is 18.2 Å². The van der Waals surface area contributed by atoms with Crippen LogP contribution in [0.2, 0.25) is 0 Å². The lowest BCUT2D eigenvalue weighted by molar-refractivity contribution is 0.324. The minimum atomic E-state index is -1.26. The highest BCUT2D eigenvalue weighted by molar-refractivity contribution is 5.81. The van der Waals surface area contributed by atoms with Gasteiger partial charge in [-0.2, -0.15) is 0 Å². The van der Waals surface area contributed by atoms with Gasteiger partial charge in [0.05, 0.1) is 39.0 Å². The maximum Gasteiger partial charge on any atom is 0.203 e. The minimum Gasteiger partial charge on any atom is -0.493 e. The molecule has 0 bridgehead atoms. The number of ether oxygens (including phenoxy) is 3. The molecule has 0 aliphatic carbocycles. The van der Waals surface area contributed by atoms with Gasteiger partial charge in [-0.15, -0.1) is 0 Å². The molecule has 4 rings (SSSR count). The Morgan fingerprint density at radius 1 is 0.788 bits per heavy atom. The molecule has 0 aliphatic rings. The summed E-state index contributed by atoms with van der Waals surface area (Å²) in [5.41, 5.74) is 1.96. The standard InChI is InChI=1S/C25H21F3N2O3/c1-31-21-9-16(10-22(32-2)25(21)33-3)23-24(17-11-19(27)20(28)12-18(17)26)30(14-29-23)13-15-7-5-4-6-8-15/h4-12,14H,13H2,1-3H3. The Hall–Kier alpha value is -3.94. The Morgan fingerprint density at radius 2 is 1.42 bits per heavy atom. The molecule has 0 atom stereocenters. The third-order valence-corrected chi connectivity index (χ3v) is 5.24. The van der Waals surface area contributed by atoms with E-state index in [2.05, 4.69) is 4.98 Å². The first kappa shape index (κ1) is 22.3. The van der Waals surface area contributed by atoms with Gasteiger partial charge in [0, 0.05) is 23.7 Å². The van der Waals surface area contributed by atoms with Crippen LogP contribution in [-0.4, -0.2) is 30.9 Å². The maximum absolute atomic E-state index is 14.9. The van der Waals surface area contributed by atoms with Gasteiger partial charge in [-0.1, -0.05) is 30.3 Å². The molecule has 170 valence electrons. The molecule has 0 unspecified atom stereocenters. The average molecular weight is 454 g/mol. The minimum absolute atomic E-state index is 0.119. The van der Waals surface area contributed by atoms with Crippen molar-refractivity contribution in [2.24, 2.45) is 0 Å². The summed E-state index contributed by atoms with van der Waals surface area (Å²) >= 11 is 0. The normalized spacial score (nSPS) is 10.8. The fraction of sp³-hybridized carbons (Fsp3) is 0.160. The molecule has 5 nitrogen and oxygen atoms in total. The summed E-state index contributed by atoms with van der Waals surface area (Å²) in [4.78, 5) is 4.49. The van der Waals surface area contributed by atoms with Crippen LogP contribution < -0.4 is 14.2 Å². The second-order valence-electron chi connectivity index (χ2n) is 7.22. The summed E-state index contributed by atoms with van der Waals surface area (Å²) in [6.07, 6.45) is 1.53. The number of aromatic nitrogens is 2. The molecule has 0 saturated carbocycles. The van der Waals surface area contributed by atoms with Crippen molar-refractivity contribution in [2.75, 3.05) is 21.3 Å². The molecule has 0 spiro atoms. The fourth-order valence-corrected chi connectivity index (χ4v) is 3.70. The first-order valence-corrected chi connectivity index (χ1v) is 10.0. The van der Waals surface area contributed by atoms with Gasteiger partial charge in [0.15, 0.2) is 23.1 Å². The second kappa shape index (κ2) is 9.28.